The number of nitrogens with zero attached hydrogens (tertiary/aromatic N) is 5. The third kappa shape index (κ3) is 5.17. The number of hydrogen-bond acceptors (Lipinski definition) is 8. The molecule has 3 rings (SSSR count). The molecule has 0 aliphatic rings. The van der Waals surface area contributed by atoms with Gasteiger partial charge in [0.2, 0.25) is 11.0 Å². The van der Waals surface area contributed by atoms with Crippen molar-refractivity contribution in [2.24, 2.45) is 0 Å². The summed E-state index contributed by atoms with van der Waals surface area (Å²) >= 11 is 2.71. The van der Waals surface area contributed by atoms with Gasteiger partial charge in [0.25, 0.3) is 0 Å². The maximum atomic E-state index is 12.5. The van der Waals surface area contributed by atoms with Gasteiger partial charge in [-0.1, -0.05) is 41.3 Å². The van der Waals surface area contributed by atoms with Crippen molar-refractivity contribution in [2.45, 2.75) is 64.6 Å². The van der Waals surface area contributed by atoms with E-state index in [9.17, 15) is 4.79 Å². The lowest BCUT2D eigenvalue weighted by molar-refractivity contribution is -0.115. The van der Waals surface area contributed by atoms with Crippen LogP contribution >= 0.6 is 23.1 Å². The number of hydrogen-bond donors (Lipinski definition) is 1. The van der Waals surface area contributed by atoms with Crippen molar-refractivity contribution >= 4 is 34.1 Å². The maximum absolute atomic E-state index is 12.5. The lowest BCUT2D eigenvalue weighted by atomic mass is 10.1. The van der Waals surface area contributed by atoms with Crippen LogP contribution < -0.4 is 10.1 Å². The first-order valence-electron chi connectivity index (χ1n) is 9.66. The van der Waals surface area contributed by atoms with Crippen molar-refractivity contribution in [1.29, 1.82) is 0 Å². The molecule has 1 aromatic carbocycles. The fourth-order valence-electron chi connectivity index (χ4n) is 2.93. The Morgan fingerprint density at radius 1 is 1.13 bits per heavy atom. The molecule has 2 aromatic heterocycles. The van der Waals surface area contributed by atoms with E-state index in [0.717, 1.165) is 27.7 Å². The van der Waals surface area contributed by atoms with Crippen LogP contribution in [0.5, 0.6) is 5.75 Å². The summed E-state index contributed by atoms with van der Waals surface area (Å²) in [7, 11) is 0. The average Bonchev–Trinajstić information content (AvgIpc) is 3.27. The first-order valence-corrected chi connectivity index (χ1v) is 11.4. The number of amides is 1. The molecule has 0 spiro atoms. The zero-order valence-electron chi connectivity index (χ0n) is 18.0. The zero-order chi connectivity index (χ0) is 21.8. The second-order valence-electron chi connectivity index (χ2n) is 7.25. The van der Waals surface area contributed by atoms with Crippen LogP contribution in [-0.4, -0.2) is 36.1 Å². The van der Waals surface area contributed by atoms with E-state index in [0.29, 0.717) is 16.9 Å². The second-order valence-corrected chi connectivity index (χ2v) is 9.74. The van der Waals surface area contributed by atoms with Crippen molar-refractivity contribution in [2.75, 3.05) is 5.32 Å². The van der Waals surface area contributed by atoms with Crippen LogP contribution in [0.15, 0.2) is 23.4 Å². The number of thioether (sulfide) groups is 1. The Labute approximate surface area is 184 Å². The predicted molar refractivity (Wildman–Crippen MR) is 119 cm³/mol. The Morgan fingerprint density at radius 2 is 1.83 bits per heavy atom. The number of aromatic nitrogens is 5. The van der Waals surface area contributed by atoms with Gasteiger partial charge < -0.3 is 9.30 Å². The Bertz CT molecular complexity index is 1010. The third-order valence-corrected chi connectivity index (χ3v) is 6.22. The Kier molecular flexibility index (Phi) is 7.09. The normalized spacial score (nSPS) is 12.2. The summed E-state index contributed by atoms with van der Waals surface area (Å²) in [6, 6.07) is 6.19. The minimum absolute atomic E-state index is 0.125. The van der Waals surface area contributed by atoms with E-state index in [2.05, 4.69) is 39.6 Å². The minimum Gasteiger partial charge on any atom is -0.485 e. The van der Waals surface area contributed by atoms with Gasteiger partial charge in [-0.25, -0.2) is 0 Å². The number of carbonyl (C=O) groups excluding carboxylic acids is 1. The summed E-state index contributed by atoms with van der Waals surface area (Å²) in [5, 5.41) is 20.9. The van der Waals surface area contributed by atoms with E-state index >= 15 is 0 Å². The Morgan fingerprint density at radius 3 is 2.43 bits per heavy atom. The molecule has 0 aliphatic carbocycles. The highest BCUT2D eigenvalue weighted by molar-refractivity contribution is 8.00. The number of ether oxygens (including phenoxy) is 1. The molecule has 0 saturated carbocycles. The van der Waals surface area contributed by atoms with E-state index in [1.807, 2.05) is 50.5 Å². The van der Waals surface area contributed by atoms with Crippen LogP contribution in [0.25, 0.3) is 0 Å². The van der Waals surface area contributed by atoms with Crippen LogP contribution in [0.2, 0.25) is 0 Å². The lowest BCUT2D eigenvalue weighted by Crippen LogP contribution is -2.23. The van der Waals surface area contributed by atoms with Crippen LogP contribution in [-0.2, 0) is 11.4 Å². The number of carbonyl (C=O) groups is 1. The molecule has 1 amide bonds. The van der Waals surface area contributed by atoms with E-state index in [1.165, 1.54) is 23.1 Å². The van der Waals surface area contributed by atoms with Gasteiger partial charge in [0.05, 0.1) is 5.25 Å². The third-order valence-electron chi connectivity index (χ3n) is 4.41. The van der Waals surface area contributed by atoms with Crippen molar-refractivity contribution in [3.63, 3.8) is 0 Å². The van der Waals surface area contributed by atoms with Crippen molar-refractivity contribution in [3.05, 3.63) is 40.2 Å². The zero-order valence-corrected chi connectivity index (χ0v) is 19.6. The minimum atomic E-state index is -0.372. The Balaban J connectivity index is 1.71. The molecule has 8 nitrogen and oxygen atoms in total. The first-order chi connectivity index (χ1) is 14.3. The molecule has 1 N–H and O–H groups in total. The lowest BCUT2D eigenvalue weighted by Gasteiger charge is -2.17. The fraction of sp³-hybridized carbons (Fsp3) is 0.450. The smallest absolute Gasteiger partial charge is 0.239 e. The molecule has 160 valence electrons. The van der Waals surface area contributed by atoms with Crippen LogP contribution in [0.1, 0.15) is 48.8 Å². The van der Waals surface area contributed by atoms with E-state index in [4.69, 9.17) is 4.74 Å². The molecule has 0 fully saturated rings. The molecule has 0 aliphatic heterocycles. The van der Waals surface area contributed by atoms with Gasteiger partial charge in [-0.2, -0.15) is 0 Å². The van der Waals surface area contributed by atoms with Crippen molar-refractivity contribution < 1.29 is 9.53 Å². The molecule has 0 radical (unpaired) electrons. The topological polar surface area (TPSA) is 94.8 Å². The number of benzene rings is 1. The fourth-order valence-corrected chi connectivity index (χ4v) is 4.53. The summed E-state index contributed by atoms with van der Waals surface area (Å²) in [5.74, 6) is 1.44. The summed E-state index contributed by atoms with van der Waals surface area (Å²) in [4.78, 5) is 12.5. The molecule has 0 saturated heterocycles. The van der Waals surface area contributed by atoms with E-state index < -0.39 is 0 Å². The average molecular weight is 447 g/mol. The molecular weight excluding hydrogens is 420 g/mol. The highest BCUT2D eigenvalue weighted by atomic mass is 32.2. The molecule has 2 heterocycles. The number of aryl methyl sites for hydroxylation is 3. The van der Waals surface area contributed by atoms with Crippen LogP contribution in [0.4, 0.5) is 5.13 Å². The SMILES string of the molecule is Cc1nnc(NC(=O)C(C)Sc2nnc(COc3c(C)cccc3C)n2C(C)C)s1. The van der Waals surface area contributed by atoms with Gasteiger partial charge in [0, 0.05) is 6.04 Å². The molecule has 3 aromatic rings. The highest BCUT2D eigenvalue weighted by Crippen LogP contribution is 2.28. The van der Waals surface area contributed by atoms with Gasteiger partial charge in [-0.3, -0.25) is 10.1 Å². The second kappa shape index (κ2) is 9.57. The maximum Gasteiger partial charge on any atom is 0.239 e. The monoisotopic (exact) mass is 446 g/mol. The summed E-state index contributed by atoms with van der Waals surface area (Å²) in [6.45, 7) is 12.2. The van der Waals surface area contributed by atoms with Crippen molar-refractivity contribution in [3.8, 4) is 5.75 Å². The standard InChI is InChI=1S/C20H26N6O2S2/c1-11(2)26-16(10-28-17-12(3)8-7-9-13(17)4)23-25-20(26)29-14(5)18(27)21-19-24-22-15(6)30-19/h7-9,11,14H,10H2,1-6H3,(H,21,24,27). The van der Waals surface area contributed by atoms with Gasteiger partial charge in [0.1, 0.15) is 17.4 Å². The number of para-hydroxylation sites is 1. The number of rotatable bonds is 8. The largest absolute Gasteiger partial charge is 0.485 e. The van der Waals surface area contributed by atoms with Gasteiger partial charge >= 0.3 is 0 Å². The quantitative estimate of drug-likeness (QED) is 0.515. The highest BCUT2D eigenvalue weighted by Gasteiger charge is 2.22. The van der Waals surface area contributed by atoms with Gasteiger partial charge in [-0.05, 0) is 52.7 Å². The molecule has 1 unspecified atom stereocenters. The molecule has 0 bridgehead atoms. The molecule has 1 atom stereocenters. The van der Waals surface area contributed by atoms with E-state index in [-0.39, 0.29) is 17.2 Å². The number of nitrogens with one attached hydrogen (secondary N) is 1. The summed E-state index contributed by atoms with van der Waals surface area (Å²) < 4.78 is 8.08. The summed E-state index contributed by atoms with van der Waals surface area (Å²) in [5.41, 5.74) is 2.16. The van der Waals surface area contributed by atoms with Crippen LogP contribution in [0.3, 0.4) is 0 Å². The molecule has 30 heavy (non-hydrogen) atoms. The predicted octanol–water partition coefficient (Wildman–Crippen LogP) is 4.33. The Hall–Kier alpha value is -2.46. The van der Waals surface area contributed by atoms with Gasteiger partial charge in [-0.15, -0.1) is 20.4 Å². The summed E-state index contributed by atoms with van der Waals surface area (Å²) in [6.07, 6.45) is 0. The number of anilines is 1. The molecule has 10 heteroatoms. The first kappa shape index (κ1) is 22.2. The van der Waals surface area contributed by atoms with Crippen LogP contribution in [0, 0.1) is 20.8 Å². The molecular formula is C20H26N6O2S2. The van der Waals surface area contributed by atoms with Gasteiger partial charge in [0.15, 0.2) is 11.0 Å². The van der Waals surface area contributed by atoms with Crippen molar-refractivity contribution in [1.82, 2.24) is 25.0 Å². The van der Waals surface area contributed by atoms with E-state index in [1.54, 1.807) is 0 Å².